The number of carbonyl (C=O) groups excluding carboxylic acids is 1. The van der Waals surface area contributed by atoms with Crippen molar-refractivity contribution in [1.29, 1.82) is 0 Å². The van der Waals surface area contributed by atoms with Gasteiger partial charge in [-0.25, -0.2) is 9.78 Å². The van der Waals surface area contributed by atoms with E-state index in [-0.39, 0.29) is 23.5 Å². The minimum absolute atomic E-state index is 0.136. The molecule has 2 aliphatic rings. The van der Waals surface area contributed by atoms with Gasteiger partial charge < -0.3 is 9.64 Å². The Morgan fingerprint density at radius 2 is 1.89 bits per heavy atom. The largest absolute Gasteiger partial charge is 0.368 e. The molecule has 27 heavy (non-hydrogen) atoms. The van der Waals surface area contributed by atoms with E-state index in [1.165, 1.54) is 11.6 Å². The second-order valence-electron chi connectivity index (χ2n) is 7.44. The Morgan fingerprint density at radius 3 is 2.63 bits per heavy atom. The Balaban J connectivity index is 1.64. The van der Waals surface area contributed by atoms with Crippen LogP contribution in [0, 0.1) is 5.92 Å². The van der Waals surface area contributed by atoms with E-state index < -0.39 is 5.69 Å². The first-order valence-electron chi connectivity index (χ1n) is 9.44. The van der Waals surface area contributed by atoms with Gasteiger partial charge in [0.25, 0.3) is 5.56 Å². The van der Waals surface area contributed by atoms with Crippen LogP contribution in [0.15, 0.2) is 21.7 Å². The zero-order valence-corrected chi connectivity index (χ0v) is 15.7. The highest BCUT2D eigenvalue weighted by Crippen LogP contribution is 2.29. The van der Waals surface area contributed by atoms with E-state index in [4.69, 9.17) is 4.74 Å². The fourth-order valence-corrected chi connectivity index (χ4v) is 4.11. The average Bonchev–Trinajstić information content (AvgIpc) is 3.24. The molecule has 1 atom stereocenters. The highest BCUT2D eigenvalue weighted by atomic mass is 16.5. The lowest BCUT2D eigenvalue weighted by Gasteiger charge is -2.34. The molecule has 1 amide bonds. The molecule has 0 spiro atoms. The molecule has 2 aromatic rings. The van der Waals surface area contributed by atoms with Gasteiger partial charge in [0.15, 0.2) is 0 Å². The summed E-state index contributed by atoms with van der Waals surface area (Å²) in [5.74, 6) is 0.347. The summed E-state index contributed by atoms with van der Waals surface area (Å²) < 4.78 is 8.29. The predicted octanol–water partition coefficient (Wildman–Crippen LogP) is 0.722. The number of hydrogen-bond donors (Lipinski definition) is 0. The van der Waals surface area contributed by atoms with Gasteiger partial charge in [0.1, 0.15) is 11.8 Å². The molecule has 2 fully saturated rings. The molecular formula is C19H24N4O4. The van der Waals surface area contributed by atoms with Crippen molar-refractivity contribution in [3.8, 4) is 0 Å². The van der Waals surface area contributed by atoms with Crippen LogP contribution in [0.25, 0.3) is 11.0 Å². The predicted molar refractivity (Wildman–Crippen MR) is 99.5 cm³/mol. The molecule has 0 bridgehead atoms. The van der Waals surface area contributed by atoms with Crippen molar-refractivity contribution in [1.82, 2.24) is 19.0 Å². The number of nitrogens with zero attached hydrogens (tertiary/aromatic N) is 4. The lowest BCUT2D eigenvalue weighted by atomic mass is 10.1. The summed E-state index contributed by atoms with van der Waals surface area (Å²) in [6.45, 7) is 1.50. The van der Waals surface area contributed by atoms with Gasteiger partial charge in [-0.3, -0.25) is 18.7 Å². The molecule has 0 radical (unpaired) electrons. The molecular weight excluding hydrogens is 348 g/mol. The number of amides is 1. The van der Waals surface area contributed by atoms with E-state index in [0.29, 0.717) is 36.4 Å². The van der Waals surface area contributed by atoms with Crippen molar-refractivity contribution in [3.05, 3.63) is 38.7 Å². The van der Waals surface area contributed by atoms with Crippen molar-refractivity contribution in [2.24, 2.45) is 20.0 Å². The van der Waals surface area contributed by atoms with Gasteiger partial charge in [0.2, 0.25) is 5.91 Å². The Morgan fingerprint density at radius 1 is 1.15 bits per heavy atom. The van der Waals surface area contributed by atoms with Crippen molar-refractivity contribution >= 4 is 16.9 Å². The van der Waals surface area contributed by atoms with E-state index in [9.17, 15) is 14.4 Å². The van der Waals surface area contributed by atoms with Crippen LogP contribution >= 0.6 is 0 Å². The summed E-state index contributed by atoms with van der Waals surface area (Å²) in [6.07, 6.45) is 3.84. The summed E-state index contributed by atoms with van der Waals surface area (Å²) in [6, 6.07) is 3.43. The normalized spacial score (nSPS) is 21.1. The third kappa shape index (κ3) is 3.07. The highest BCUT2D eigenvalue weighted by Gasteiger charge is 2.32. The second-order valence-corrected chi connectivity index (χ2v) is 7.44. The van der Waals surface area contributed by atoms with E-state index >= 15 is 0 Å². The number of hydrogen-bond acceptors (Lipinski definition) is 5. The van der Waals surface area contributed by atoms with Crippen molar-refractivity contribution in [3.63, 3.8) is 0 Å². The maximum Gasteiger partial charge on any atom is 0.332 e. The van der Waals surface area contributed by atoms with Gasteiger partial charge in [0.05, 0.1) is 24.2 Å². The number of aromatic nitrogens is 3. The zero-order valence-electron chi connectivity index (χ0n) is 15.7. The standard InChI is InChI=1S/C19H24N4O4/c1-21-16-13(18(25)22(2)19(21)26)7-8-14(20-16)15-11-23(9-10-27-15)17(24)12-5-3-4-6-12/h7-8,12,15H,3-6,9-11H2,1-2H3. The molecule has 144 valence electrons. The van der Waals surface area contributed by atoms with Gasteiger partial charge in [-0.15, -0.1) is 0 Å². The molecule has 2 aromatic heterocycles. The van der Waals surface area contributed by atoms with Gasteiger partial charge in [0, 0.05) is 26.6 Å². The smallest absolute Gasteiger partial charge is 0.332 e. The SMILES string of the molecule is Cn1c(=O)c2ccc(C3CN(C(=O)C4CCCC4)CCO3)nc2n(C)c1=O. The van der Waals surface area contributed by atoms with E-state index in [0.717, 1.165) is 30.3 Å². The maximum atomic E-state index is 12.7. The number of rotatable bonds is 2. The quantitative estimate of drug-likeness (QED) is 0.775. The lowest BCUT2D eigenvalue weighted by Crippen LogP contribution is -2.44. The zero-order chi connectivity index (χ0) is 19.1. The second kappa shape index (κ2) is 6.92. The van der Waals surface area contributed by atoms with Gasteiger partial charge in [-0.2, -0.15) is 0 Å². The first-order valence-corrected chi connectivity index (χ1v) is 9.44. The third-order valence-electron chi connectivity index (χ3n) is 5.74. The highest BCUT2D eigenvalue weighted by molar-refractivity contribution is 5.79. The lowest BCUT2D eigenvalue weighted by molar-refractivity contribution is -0.143. The van der Waals surface area contributed by atoms with Crippen LogP contribution in [0.5, 0.6) is 0 Å². The number of carbonyl (C=O) groups is 1. The Hall–Kier alpha value is -2.48. The summed E-state index contributed by atoms with van der Waals surface area (Å²) >= 11 is 0. The minimum atomic E-state index is -0.417. The van der Waals surface area contributed by atoms with Crippen LogP contribution in [0.3, 0.4) is 0 Å². The third-order valence-corrected chi connectivity index (χ3v) is 5.74. The van der Waals surface area contributed by atoms with Gasteiger partial charge in [-0.05, 0) is 25.0 Å². The number of aryl methyl sites for hydroxylation is 1. The van der Waals surface area contributed by atoms with E-state index in [1.54, 1.807) is 19.2 Å². The number of pyridine rings is 1. The summed E-state index contributed by atoms with van der Waals surface area (Å²) in [5.41, 5.74) is 0.188. The molecule has 1 saturated carbocycles. The first-order chi connectivity index (χ1) is 13.0. The topological polar surface area (TPSA) is 86.4 Å². The molecule has 0 aromatic carbocycles. The molecule has 8 heteroatoms. The molecule has 0 N–H and O–H groups in total. The average molecular weight is 372 g/mol. The van der Waals surface area contributed by atoms with E-state index in [2.05, 4.69) is 4.98 Å². The van der Waals surface area contributed by atoms with Crippen LogP contribution in [-0.2, 0) is 23.6 Å². The minimum Gasteiger partial charge on any atom is -0.368 e. The van der Waals surface area contributed by atoms with Crippen molar-refractivity contribution < 1.29 is 9.53 Å². The molecule has 1 unspecified atom stereocenters. The van der Waals surface area contributed by atoms with E-state index in [1.807, 2.05) is 4.90 Å². The summed E-state index contributed by atoms with van der Waals surface area (Å²) in [7, 11) is 3.05. The monoisotopic (exact) mass is 372 g/mol. The van der Waals surface area contributed by atoms with Crippen LogP contribution in [0.2, 0.25) is 0 Å². The Bertz CT molecular complexity index is 1000. The van der Waals surface area contributed by atoms with Crippen molar-refractivity contribution in [2.45, 2.75) is 31.8 Å². The summed E-state index contributed by atoms with van der Waals surface area (Å²) in [4.78, 5) is 43.6. The maximum absolute atomic E-state index is 12.7. The van der Waals surface area contributed by atoms with Gasteiger partial charge >= 0.3 is 5.69 Å². The molecule has 1 aliphatic heterocycles. The van der Waals surface area contributed by atoms with Crippen LogP contribution < -0.4 is 11.2 Å². The Kier molecular flexibility index (Phi) is 4.59. The number of fused-ring (bicyclic) bond motifs is 1. The van der Waals surface area contributed by atoms with Crippen LogP contribution in [0.1, 0.15) is 37.5 Å². The molecule has 3 heterocycles. The molecule has 1 saturated heterocycles. The summed E-state index contributed by atoms with van der Waals surface area (Å²) in [5, 5.41) is 0.387. The fraction of sp³-hybridized carbons (Fsp3) is 0.579. The molecule has 4 rings (SSSR count). The fourth-order valence-electron chi connectivity index (χ4n) is 4.11. The number of ether oxygens (including phenoxy) is 1. The van der Waals surface area contributed by atoms with Crippen molar-refractivity contribution in [2.75, 3.05) is 19.7 Å². The van der Waals surface area contributed by atoms with Crippen LogP contribution in [0.4, 0.5) is 0 Å². The number of morpholine rings is 1. The van der Waals surface area contributed by atoms with Gasteiger partial charge in [-0.1, -0.05) is 12.8 Å². The Labute approximate surface area is 156 Å². The molecule has 1 aliphatic carbocycles. The molecule has 8 nitrogen and oxygen atoms in total. The van der Waals surface area contributed by atoms with Crippen LogP contribution in [-0.4, -0.2) is 44.6 Å². The first kappa shape index (κ1) is 17.9.